The van der Waals surface area contributed by atoms with E-state index in [4.69, 9.17) is 0 Å². The van der Waals surface area contributed by atoms with Crippen molar-refractivity contribution in [1.82, 2.24) is 0 Å². The summed E-state index contributed by atoms with van der Waals surface area (Å²) in [6.45, 7) is 0. The van der Waals surface area contributed by atoms with E-state index in [1.165, 1.54) is 15.6 Å². The molecule has 26 heavy (non-hydrogen) atoms. The highest BCUT2D eigenvalue weighted by Crippen LogP contribution is 2.34. The van der Waals surface area contributed by atoms with E-state index in [9.17, 15) is 5.11 Å². The summed E-state index contributed by atoms with van der Waals surface area (Å²) in [5.41, 5.74) is 0.222. The topological polar surface area (TPSA) is 20.2 Å². The van der Waals surface area contributed by atoms with E-state index in [-0.39, 0.29) is 11.6 Å². The van der Waals surface area contributed by atoms with E-state index in [0.717, 1.165) is 12.8 Å². The lowest BCUT2D eigenvalue weighted by Crippen LogP contribution is -2.71. The van der Waals surface area contributed by atoms with Crippen LogP contribution >= 0.6 is 0 Å². The summed E-state index contributed by atoms with van der Waals surface area (Å²) < 4.78 is 0. The zero-order valence-corrected chi connectivity index (χ0v) is 15.8. The SMILES string of the molecule is O[C@H]1CC=CC[C@@H]1[Si](c1ccccc1)(c1ccccc1)c1ccccc1. The van der Waals surface area contributed by atoms with E-state index in [1.54, 1.807) is 0 Å². The van der Waals surface area contributed by atoms with Crippen molar-refractivity contribution >= 4 is 23.6 Å². The van der Waals surface area contributed by atoms with Crippen LogP contribution in [0.15, 0.2) is 103 Å². The maximum absolute atomic E-state index is 11.1. The second-order valence-corrected chi connectivity index (χ2v) is 11.1. The summed E-state index contributed by atoms with van der Waals surface area (Å²) in [6.07, 6.45) is 5.74. The second-order valence-electron chi connectivity index (χ2n) is 7.02. The highest BCUT2D eigenvalue weighted by Gasteiger charge is 2.48. The van der Waals surface area contributed by atoms with Gasteiger partial charge in [-0.05, 0) is 33.9 Å². The van der Waals surface area contributed by atoms with E-state index < -0.39 is 8.07 Å². The summed E-state index contributed by atoms with van der Waals surface area (Å²) in [7, 11) is -2.39. The summed E-state index contributed by atoms with van der Waals surface area (Å²) in [5, 5.41) is 15.2. The molecular formula is C24H24OSi. The molecule has 0 aliphatic heterocycles. The quantitative estimate of drug-likeness (QED) is 0.432. The summed E-state index contributed by atoms with van der Waals surface area (Å²) in [5.74, 6) is 0. The first kappa shape index (κ1) is 17.0. The van der Waals surface area contributed by atoms with E-state index in [0.29, 0.717) is 0 Å². The van der Waals surface area contributed by atoms with E-state index >= 15 is 0 Å². The maximum Gasteiger partial charge on any atom is 0.154 e. The standard InChI is InChI=1S/C24H24OSi/c25-23-18-10-11-19-24(23)26(20-12-4-1-5-13-20,21-14-6-2-7-15-21)22-16-8-3-9-17-22/h1-17,23-25H,18-19H2/t23-,24-/m0/s1. The molecule has 1 nitrogen and oxygen atoms in total. The summed E-state index contributed by atoms with van der Waals surface area (Å²) in [6, 6.07) is 32.6. The lowest BCUT2D eigenvalue weighted by atomic mass is 10.0. The van der Waals surface area contributed by atoms with Gasteiger partial charge in [0.05, 0.1) is 6.10 Å². The van der Waals surface area contributed by atoms with Crippen LogP contribution in [0.3, 0.4) is 0 Å². The molecule has 1 aliphatic rings. The Morgan fingerprint density at radius 2 is 0.962 bits per heavy atom. The number of allylic oxidation sites excluding steroid dienone is 1. The van der Waals surface area contributed by atoms with E-state index in [1.807, 2.05) is 0 Å². The molecule has 1 aliphatic carbocycles. The lowest BCUT2D eigenvalue weighted by molar-refractivity contribution is 0.163. The fraction of sp³-hybridized carbons (Fsp3) is 0.167. The van der Waals surface area contributed by atoms with Crippen molar-refractivity contribution in [2.24, 2.45) is 0 Å². The Balaban J connectivity index is 2.05. The predicted molar refractivity (Wildman–Crippen MR) is 112 cm³/mol. The van der Waals surface area contributed by atoms with Crippen LogP contribution in [0.2, 0.25) is 5.54 Å². The molecule has 0 aromatic heterocycles. The molecule has 1 N–H and O–H groups in total. The molecule has 0 heterocycles. The molecule has 3 aromatic carbocycles. The molecule has 0 bridgehead atoms. The lowest BCUT2D eigenvalue weighted by Gasteiger charge is -2.43. The molecule has 0 amide bonds. The molecule has 130 valence electrons. The Kier molecular flexibility index (Phi) is 4.87. The van der Waals surface area contributed by atoms with Crippen molar-refractivity contribution in [3.05, 3.63) is 103 Å². The Hall–Kier alpha value is -2.42. The van der Waals surface area contributed by atoms with Crippen LogP contribution < -0.4 is 15.6 Å². The minimum absolute atomic E-state index is 0.222. The first-order chi connectivity index (χ1) is 12.8. The van der Waals surface area contributed by atoms with Crippen molar-refractivity contribution in [3.8, 4) is 0 Å². The smallest absolute Gasteiger partial charge is 0.154 e. The molecule has 2 heteroatoms. The molecule has 2 atom stereocenters. The van der Waals surface area contributed by atoms with Gasteiger partial charge in [0, 0.05) is 0 Å². The zero-order chi connectivity index (χ0) is 17.8. The van der Waals surface area contributed by atoms with Gasteiger partial charge in [-0.15, -0.1) is 0 Å². The van der Waals surface area contributed by atoms with Gasteiger partial charge in [0.1, 0.15) is 0 Å². The number of rotatable bonds is 4. The van der Waals surface area contributed by atoms with Crippen molar-refractivity contribution < 1.29 is 5.11 Å². The molecule has 0 saturated heterocycles. The van der Waals surface area contributed by atoms with E-state index in [2.05, 4.69) is 103 Å². The Bertz CT molecular complexity index is 762. The van der Waals surface area contributed by atoms with Gasteiger partial charge in [-0.2, -0.15) is 0 Å². The number of aliphatic hydroxyl groups is 1. The van der Waals surface area contributed by atoms with Crippen molar-refractivity contribution in [2.75, 3.05) is 0 Å². The molecule has 4 rings (SSSR count). The predicted octanol–water partition coefficient (Wildman–Crippen LogP) is 3.24. The van der Waals surface area contributed by atoms with Gasteiger partial charge in [-0.3, -0.25) is 0 Å². The number of hydrogen-bond acceptors (Lipinski definition) is 1. The average molecular weight is 357 g/mol. The molecule has 0 radical (unpaired) electrons. The van der Waals surface area contributed by atoms with Gasteiger partial charge in [0.15, 0.2) is 8.07 Å². The van der Waals surface area contributed by atoms with Gasteiger partial charge in [0.25, 0.3) is 0 Å². The second kappa shape index (κ2) is 7.44. The first-order valence-corrected chi connectivity index (χ1v) is 11.4. The van der Waals surface area contributed by atoms with Gasteiger partial charge >= 0.3 is 0 Å². The molecule has 0 unspecified atom stereocenters. The number of hydrogen-bond donors (Lipinski definition) is 1. The minimum Gasteiger partial charge on any atom is -0.393 e. The normalized spacial score (nSPS) is 20.0. The van der Waals surface area contributed by atoms with Crippen LogP contribution in [0.5, 0.6) is 0 Å². The fourth-order valence-corrected chi connectivity index (χ4v) is 10.2. The number of benzene rings is 3. The van der Waals surface area contributed by atoms with Crippen LogP contribution in [-0.2, 0) is 0 Å². The third-order valence-electron chi connectivity index (χ3n) is 5.64. The van der Waals surface area contributed by atoms with Gasteiger partial charge < -0.3 is 5.11 Å². The largest absolute Gasteiger partial charge is 0.393 e. The monoisotopic (exact) mass is 356 g/mol. The molecule has 0 saturated carbocycles. The summed E-state index contributed by atoms with van der Waals surface area (Å²) in [4.78, 5) is 0. The molecule has 3 aromatic rings. The van der Waals surface area contributed by atoms with Crippen molar-refractivity contribution in [1.29, 1.82) is 0 Å². The third kappa shape index (κ3) is 2.85. The van der Waals surface area contributed by atoms with Crippen LogP contribution in [0.1, 0.15) is 12.8 Å². The summed E-state index contributed by atoms with van der Waals surface area (Å²) >= 11 is 0. The van der Waals surface area contributed by atoms with Crippen LogP contribution in [0.4, 0.5) is 0 Å². The van der Waals surface area contributed by atoms with Crippen LogP contribution in [-0.4, -0.2) is 19.3 Å². The van der Waals surface area contributed by atoms with Gasteiger partial charge in [-0.1, -0.05) is 103 Å². The highest BCUT2D eigenvalue weighted by molar-refractivity contribution is 7.12. The first-order valence-electron chi connectivity index (χ1n) is 9.33. The maximum atomic E-state index is 11.1. The minimum atomic E-state index is -2.39. The Morgan fingerprint density at radius 3 is 1.35 bits per heavy atom. The van der Waals surface area contributed by atoms with Crippen LogP contribution in [0, 0.1) is 0 Å². The Labute approximate surface area is 156 Å². The van der Waals surface area contributed by atoms with Crippen molar-refractivity contribution in [3.63, 3.8) is 0 Å². The molecular weight excluding hydrogens is 332 g/mol. The fourth-order valence-electron chi connectivity index (χ4n) is 4.51. The van der Waals surface area contributed by atoms with Crippen molar-refractivity contribution in [2.45, 2.75) is 24.5 Å². The zero-order valence-electron chi connectivity index (χ0n) is 14.8. The van der Waals surface area contributed by atoms with Crippen LogP contribution in [0.25, 0.3) is 0 Å². The number of aliphatic hydroxyl groups excluding tert-OH is 1. The average Bonchev–Trinajstić information content (AvgIpc) is 2.72. The molecule has 0 fully saturated rings. The Morgan fingerprint density at radius 1 is 0.577 bits per heavy atom. The van der Waals surface area contributed by atoms with Gasteiger partial charge in [-0.25, -0.2) is 0 Å². The third-order valence-corrected chi connectivity index (χ3v) is 11.1. The molecule has 0 spiro atoms. The highest BCUT2D eigenvalue weighted by atomic mass is 28.3. The van der Waals surface area contributed by atoms with Gasteiger partial charge in [0.2, 0.25) is 0 Å².